The lowest BCUT2D eigenvalue weighted by atomic mass is 10.1. The minimum Gasteiger partial charge on any atom is -0.478 e. The van der Waals surface area contributed by atoms with Crippen LogP contribution in [0, 0.1) is 0 Å². The number of aliphatic carboxylic acids is 2. The van der Waals surface area contributed by atoms with Gasteiger partial charge in [-0.15, -0.1) is 0 Å². The highest BCUT2D eigenvalue weighted by atomic mass is 16.4. The quantitative estimate of drug-likeness (QED) is 0.444. The third-order valence-electron chi connectivity index (χ3n) is 5.84. The van der Waals surface area contributed by atoms with Crippen molar-refractivity contribution in [3.63, 3.8) is 0 Å². The number of rotatable bonds is 6. The number of nitrogens with zero attached hydrogens (tertiary/aromatic N) is 2. The Bertz CT molecular complexity index is 1100. The summed E-state index contributed by atoms with van der Waals surface area (Å²) in [4.78, 5) is 48.2. The number of anilines is 1. The maximum atomic E-state index is 13.0. The molecule has 0 unspecified atom stereocenters. The van der Waals surface area contributed by atoms with E-state index in [0.29, 0.717) is 41.9 Å². The number of amides is 3. The number of nitrogens with one attached hydrogen (secondary N) is 2. The zero-order chi connectivity index (χ0) is 26.1. The van der Waals surface area contributed by atoms with E-state index in [9.17, 15) is 19.2 Å². The number of carboxylic acid groups (broad SMARTS) is 2. The van der Waals surface area contributed by atoms with Gasteiger partial charge in [0.2, 0.25) is 0 Å². The van der Waals surface area contributed by atoms with Gasteiger partial charge in [-0.2, -0.15) is 0 Å². The first-order chi connectivity index (χ1) is 17.3. The Balaban J connectivity index is 0.000000392. The second kappa shape index (κ2) is 12.5. The van der Waals surface area contributed by atoms with Crippen LogP contribution in [0.4, 0.5) is 10.5 Å². The van der Waals surface area contributed by atoms with Crippen LogP contribution in [-0.2, 0) is 9.59 Å². The summed E-state index contributed by atoms with van der Waals surface area (Å²) in [6.45, 7) is 6.26. The number of carboxylic acids is 2. The zero-order valence-corrected chi connectivity index (χ0v) is 20.0. The lowest BCUT2D eigenvalue weighted by molar-refractivity contribution is -0.134. The lowest BCUT2D eigenvalue weighted by Gasteiger charge is -2.30. The molecule has 1 aromatic heterocycles. The molecule has 0 atom stereocenters. The van der Waals surface area contributed by atoms with Crippen LogP contribution in [0.2, 0.25) is 0 Å². The van der Waals surface area contributed by atoms with E-state index in [4.69, 9.17) is 14.6 Å². The van der Waals surface area contributed by atoms with E-state index in [0.717, 1.165) is 44.6 Å². The fourth-order valence-corrected chi connectivity index (χ4v) is 4.13. The average molecular weight is 499 g/mol. The van der Waals surface area contributed by atoms with Gasteiger partial charge in [0, 0.05) is 62.2 Å². The van der Waals surface area contributed by atoms with Crippen LogP contribution in [0.15, 0.2) is 53.0 Å². The summed E-state index contributed by atoms with van der Waals surface area (Å²) in [5.74, 6) is -1.56. The number of carbonyl (C=O) groups is 4. The van der Waals surface area contributed by atoms with Crippen molar-refractivity contribution in [2.75, 3.05) is 38.0 Å². The highest BCUT2D eigenvalue weighted by Gasteiger charge is 2.33. The largest absolute Gasteiger partial charge is 0.478 e. The summed E-state index contributed by atoms with van der Waals surface area (Å²) in [5, 5.41) is 21.1. The molecule has 11 nitrogen and oxygen atoms in total. The van der Waals surface area contributed by atoms with Crippen molar-refractivity contribution in [2.45, 2.75) is 25.8 Å². The minimum atomic E-state index is -1.26. The molecule has 0 aliphatic carbocycles. The standard InChI is InChI=1S/C21H26N4O3.C4H4O4/c1-2-22-21(27)23-16-5-3-4-15(14-16)18-6-7-19(28-18)20(26)25-13-12-24-10-8-17(25)9-11-24;5-3(6)1-2-4(7)8/h3-7,14,17H,2,8-13H2,1H3,(H2,22,23,27);1-2H,(H,5,6)(H,7,8)/b;2-1+. The Morgan fingerprint density at radius 3 is 2.33 bits per heavy atom. The molecular weight excluding hydrogens is 468 g/mol. The van der Waals surface area contributed by atoms with Crippen molar-refractivity contribution in [1.82, 2.24) is 15.1 Å². The normalized spacial score (nSPS) is 18.6. The van der Waals surface area contributed by atoms with Gasteiger partial charge in [-0.05, 0) is 44.0 Å². The van der Waals surface area contributed by atoms with Crippen molar-refractivity contribution >= 4 is 29.6 Å². The Morgan fingerprint density at radius 2 is 1.69 bits per heavy atom. The molecule has 0 spiro atoms. The Morgan fingerprint density at radius 1 is 1.00 bits per heavy atom. The number of furan rings is 1. The summed E-state index contributed by atoms with van der Waals surface area (Å²) >= 11 is 0. The molecule has 11 heteroatoms. The van der Waals surface area contributed by atoms with E-state index in [2.05, 4.69) is 15.5 Å². The van der Waals surface area contributed by atoms with Gasteiger partial charge < -0.3 is 35.1 Å². The van der Waals surface area contributed by atoms with Gasteiger partial charge in [0.1, 0.15) is 5.76 Å². The minimum absolute atomic E-state index is 0.0309. The van der Waals surface area contributed by atoms with Gasteiger partial charge in [-0.3, -0.25) is 4.79 Å². The molecule has 4 N–H and O–H groups in total. The predicted octanol–water partition coefficient (Wildman–Crippen LogP) is 2.72. The number of benzene rings is 1. The van der Waals surface area contributed by atoms with E-state index < -0.39 is 11.9 Å². The van der Waals surface area contributed by atoms with Crippen LogP contribution >= 0.6 is 0 Å². The highest BCUT2D eigenvalue weighted by molar-refractivity contribution is 5.93. The molecular formula is C25H30N4O7. The summed E-state index contributed by atoms with van der Waals surface area (Å²) in [6, 6.07) is 11.0. The van der Waals surface area contributed by atoms with E-state index in [1.54, 1.807) is 6.07 Å². The third-order valence-corrected chi connectivity index (χ3v) is 5.84. The molecule has 4 heterocycles. The summed E-state index contributed by atoms with van der Waals surface area (Å²) in [6.07, 6.45) is 3.18. The first kappa shape index (κ1) is 26.5. The Labute approximate surface area is 208 Å². The third kappa shape index (κ3) is 7.44. The molecule has 36 heavy (non-hydrogen) atoms. The molecule has 2 aromatic rings. The molecule has 3 aliphatic heterocycles. The number of hydrogen-bond acceptors (Lipinski definition) is 6. The SMILES string of the molecule is CCNC(=O)Nc1cccc(-c2ccc(C(=O)N3CCN4CCC3CC4)o2)c1.O=C(O)/C=C/C(=O)O. The smallest absolute Gasteiger partial charge is 0.328 e. The fraction of sp³-hybridized carbons (Fsp3) is 0.360. The molecule has 3 aliphatic rings. The van der Waals surface area contributed by atoms with Gasteiger partial charge in [0.15, 0.2) is 5.76 Å². The summed E-state index contributed by atoms with van der Waals surface area (Å²) in [7, 11) is 0. The molecule has 0 saturated carbocycles. The second-order valence-electron chi connectivity index (χ2n) is 8.31. The van der Waals surface area contributed by atoms with Crippen molar-refractivity contribution in [1.29, 1.82) is 0 Å². The molecule has 3 amide bonds. The number of piperidine rings is 1. The fourth-order valence-electron chi connectivity index (χ4n) is 4.13. The van der Waals surface area contributed by atoms with Crippen LogP contribution in [0.1, 0.15) is 30.3 Å². The molecule has 0 radical (unpaired) electrons. The van der Waals surface area contributed by atoms with Crippen LogP contribution in [0.5, 0.6) is 0 Å². The molecule has 1 aromatic carbocycles. The average Bonchev–Trinajstić information content (AvgIpc) is 3.16. The molecule has 3 fully saturated rings. The topological polar surface area (TPSA) is 152 Å². The summed E-state index contributed by atoms with van der Waals surface area (Å²) in [5.41, 5.74) is 1.49. The number of urea groups is 1. The Hall–Kier alpha value is -4.12. The van der Waals surface area contributed by atoms with Crippen LogP contribution < -0.4 is 10.6 Å². The molecule has 2 bridgehead atoms. The van der Waals surface area contributed by atoms with Crippen LogP contribution in [0.3, 0.4) is 0 Å². The molecule has 3 saturated heterocycles. The second-order valence-corrected chi connectivity index (χ2v) is 8.31. The highest BCUT2D eigenvalue weighted by Crippen LogP contribution is 2.27. The van der Waals surface area contributed by atoms with Crippen molar-refractivity contribution in [3.8, 4) is 11.3 Å². The van der Waals surface area contributed by atoms with Gasteiger partial charge in [-0.25, -0.2) is 14.4 Å². The Kier molecular flexibility index (Phi) is 9.23. The van der Waals surface area contributed by atoms with Gasteiger partial charge in [0.25, 0.3) is 5.91 Å². The van der Waals surface area contributed by atoms with E-state index in [1.807, 2.05) is 42.2 Å². The van der Waals surface area contributed by atoms with E-state index in [-0.39, 0.29) is 11.9 Å². The monoisotopic (exact) mass is 498 g/mol. The van der Waals surface area contributed by atoms with Crippen LogP contribution in [0.25, 0.3) is 11.3 Å². The maximum Gasteiger partial charge on any atom is 0.328 e. The predicted molar refractivity (Wildman–Crippen MR) is 132 cm³/mol. The van der Waals surface area contributed by atoms with E-state index >= 15 is 0 Å². The van der Waals surface area contributed by atoms with Crippen molar-refractivity contribution in [2.24, 2.45) is 0 Å². The van der Waals surface area contributed by atoms with Crippen molar-refractivity contribution in [3.05, 3.63) is 54.3 Å². The first-order valence-electron chi connectivity index (χ1n) is 11.7. The summed E-state index contributed by atoms with van der Waals surface area (Å²) < 4.78 is 5.91. The number of hydrogen-bond donors (Lipinski definition) is 4. The number of carbonyl (C=O) groups excluding carboxylic acids is 2. The van der Waals surface area contributed by atoms with Gasteiger partial charge in [-0.1, -0.05) is 12.1 Å². The lowest BCUT2D eigenvalue weighted by Crippen LogP contribution is -2.41. The van der Waals surface area contributed by atoms with Crippen LogP contribution in [-0.4, -0.2) is 82.7 Å². The maximum absolute atomic E-state index is 13.0. The van der Waals surface area contributed by atoms with Crippen molar-refractivity contribution < 1.29 is 33.8 Å². The molecule has 5 rings (SSSR count). The van der Waals surface area contributed by atoms with E-state index in [1.165, 1.54) is 0 Å². The first-order valence-corrected chi connectivity index (χ1v) is 11.7. The number of fused-ring (bicyclic) bond motifs is 4. The van der Waals surface area contributed by atoms with Gasteiger partial charge >= 0.3 is 18.0 Å². The molecule has 192 valence electrons. The zero-order valence-electron chi connectivity index (χ0n) is 20.0. The van der Waals surface area contributed by atoms with Gasteiger partial charge in [0.05, 0.1) is 0 Å².